The Hall–Kier alpha value is -2.32. The summed E-state index contributed by atoms with van der Waals surface area (Å²) in [4.78, 5) is 18.7. The van der Waals surface area contributed by atoms with Crippen molar-refractivity contribution in [1.82, 2.24) is 19.9 Å². The molecule has 0 radical (unpaired) electrons. The first kappa shape index (κ1) is 17.5. The number of likely N-dealkylation sites (N-methyl/N-ethyl adjacent to an activating group) is 1. The smallest absolute Gasteiger partial charge is 0.192 e. The molecule has 0 spiro atoms. The highest BCUT2D eigenvalue weighted by Gasteiger charge is 2.14. The molecule has 0 saturated heterocycles. The summed E-state index contributed by atoms with van der Waals surface area (Å²) in [5.74, 6) is 2.46. The molecular weight excluding hydrogens is 338 g/mol. The van der Waals surface area contributed by atoms with Gasteiger partial charge in [0.25, 0.3) is 0 Å². The van der Waals surface area contributed by atoms with Crippen LogP contribution >= 0.6 is 11.8 Å². The second kappa shape index (κ2) is 8.17. The molecule has 8 heteroatoms. The normalized spacial score (nSPS) is 11.0. The third kappa shape index (κ3) is 4.21. The number of hydrogen-bond donors (Lipinski definition) is 1. The van der Waals surface area contributed by atoms with Crippen LogP contribution in [-0.2, 0) is 10.5 Å². The number of hydrogen-bond acceptors (Lipinski definition) is 7. The average Bonchev–Trinajstić information content (AvgIpc) is 3.12. The highest BCUT2D eigenvalue weighted by Crippen LogP contribution is 2.26. The van der Waals surface area contributed by atoms with Crippen molar-refractivity contribution in [3.05, 3.63) is 36.2 Å². The van der Waals surface area contributed by atoms with Gasteiger partial charge in [-0.1, -0.05) is 23.9 Å². The lowest BCUT2D eigenvalue weighted by molar-refractivity contribution is 0.206. The van der Waals surface area contributed by atoms with Crippen LogP contribution in [0.5, 0.6) is 5.75 Å². The van der Waals surface area contributed by atoms with Crippen molar-refractivity contribution in [3.8, 4) is 5.75 Å². The Labute approximate surface area is 150 Å². The first-order valence-electron chi connectivity index (χ1n) is 7.88. The van der Waals surface area contributed by atoms with Gasteiger partial charge in [-0.05, 0) is 17.7 Å². The van der Waals surface area contributed by atoms with Crippen molar-refractivity contribution < 1.29 is 9.47 Å². The van der Waals surface area contributed by atoms with Crippen LogP contribution in [0, 0.1) is 0 Å². The summed E-state index contributed by atoms with van der Waals surface area (Å²) in [6.45, 7) is 1.37. The number of anilines is 1. The van der Waals surface area contributed by atoms with Crippen molar-refractivity contribution in [3.63, 3.8) is 0 Å². The molecule has 1 aromatic carbocycles. The standard InChI is InChI=1S/C17H21N5O2S/c1-22(8-9-23-2)16-14-15(19-11-18-14)20-17(21-16)25-10-12-4-6-13(24-3)7-5-12/h4-7,11H,8-10H2,1-3H3,(H,18,19,20,21). The van der Waals surface area contributed by atoms with E-state index < -0.39 is 0 Å². The summed E-state index contributed by atoms with van der Waals surface area (Å²) < 4.78 is 10.3. The van der Waals surface area contributed by atoms with Crippen molar-refractivity contribution in [2.75, 3.05) is 39.3 Å². The van der Waals surface area contributed by atoms with Crippen LogP contribution in [0.3, 0.4) is 0 Å². The molecule has 132 valence electrons. The van der Waals surface area contributed by atoms with Crippen molar-refractivity contribution in [2.45, 2.75) is 10.9 Å². The van der Waals surface area contributed by atoms with Gasteiger partial charge in [-0.15, -0.1) is 0 Å². The van der Waals surface area contributed by atoms with Gasteiger partial charge >= 0.3 is 0 Å². The molecule has 1 N–H and O–H groups in total. The molecule has 0 unspecified atom stereocenters. The van der Waals surface area contributed by atoms with E-state index in [0.29, 0.717) is 17.4 Å². The summed E-state index contributed by atoms with van der Waals surface area (Å²) in [6.07, 6.45) is 1.64. The van der Waals surface area contributed by atoms with Crippen LogP contribution in [0.4, 0.5) is 5.82 Å². The molecular formula is C17H21N5O2S. The topological polar surface area (TPSA) is 76.2 Å². The molecule has 0 amide bonds. The van der Waals surface area contributed by atoms with Gasteiger partial charge in [0.1, 0.15) is 11.3 Å². The molecule has 0 saturated carbocycles. The summed E-state index contributed by atoms with van der Waals surface area (Å²) in [7, 11) is 5.34. The molecule has 3 rings (SSSR count). The predicted octanol–water partition coefficient (Wildman–Crippen LogP) is 2.74. The molecule has 2 aromatic heterocycles. The van der Waals surface area contributed by atoms with Crippen LogP contribution in [0.15, 0.2) is 35.7 Å². The van der Waals surface area contributed by atoms with E-state index in [2.05, 4.69) is 15.0 Å². The highest BCUT2D eigenvalue weighted by molar-refractivity contribution is 7.98. The minimum absolute atomic E-state index is 0.629. The largest absolute Gasteiger partial charge is 0.497 e. The van der Waals surface area contributed by atoms with E-state index in [1.165, 1.54) is 5.56 Å². The highest BCUT2D eigenvalue weighted by atomic mass is 32.2. The molecule has 3 aromatic rings. The number of rotatable bonds is 8. The Morgan fingerprint density at radius 1 is 1.16 bits per heavy atom. The molecule has 0 bridgehead atoms. The molecule has 0 aliphatic rings. The molecule has 0 fully saturated rings. The number of nitrogens with zero attached hydrogens (tertiary/aromatic N) is 4. The van der Waals surface area contributed by atoms with Crippen LogP contribution in [0.25, 0.3) is 11.2 Å². The van der Waals surface area contributed by atoms with Crippen molar-refractivity contribution >= 4 is 28.7 Å². The van der Waals surface area contributed by atoms with E-state index >= 15 is 0 Å². The van der Waals surface area contributed by atoms with Gasteiger partial charge < -0.3 is 19.4 Å². The second-order valence-corrected chi connectivity index (χ2v) is 6.42. The number of imidazole rings is 1. The minimum Gasteiger partial charge on any atom is -0.497 e. The number of aromatic amines is 1. The number of fused-ring (bicyclic) bond motifs is 1. The monoisotopic (exact) mass is 359 g/mol. The lowest BCUT2D eigenvalue weighted by Gasteiger charge is -2.18. The van der Waals surface area contributed by atoms with Gasteiger partial charge in [0.15, 0.2) is 16.6 Å². The van der Waals surface area contributed by atoms with Crippen LogP contribution in [-0.4, -0.2) is 54.4 Å². The Balaban J connectivity index is 1.78. The Morgan fingerprint density at radius 2 is 1.96 bits per heavy atom. The van der Waals surface area contributed by atoms with Crippen LogP contribution < -0.4 is 9.64 Å². The first-order chi connectivity index (χ1) is 12.2. The fourth-order valence-electron chi connectivity index (χ4n) is 2.34. The third-order valence-electron chi connectivity index (χ3n) is 3.77. The first-order valence-corrected chi connectivity index (χ1v) is 8.86. The Morgan fingerprint density at radius 3 is 2.68 bits per heavy atom. The number of benzene rings is 1. The molecule has 2 heterocycles. The number of ether oxygens (including phenoxy) is 2. The number of nitrogens with one attached hydrogen (secondary N) is 1. The summed E-state index contributed by atoms with van der Waals surface area (Å²) in [6, 6.07) is 8.00. The third-order valence-corrected chi connectivity index (χ3v) is 4.68. The maximum Gasteiger partial charge on any atom is 0.192 e. The predicted molar refractivity (Wildman–Crippen MR) is 99.4 cm³/mol. The van der Waals surface area contributed by atoms with Gasteiger partial charge in [-0.2, -0.15) is 0 Å². The van der Waals surface area contributed by atoms with E-state index in [1.54, 1.807) is 32.3 Å². The van der Waals surface area contributed by atoms with Gasteiger partial charge in [0.2, 0.25) is 0 Å². The Bertz CT molecular complexity index is 822. The minimum atomic E-state index is 0.629. The summed E-state index contributed by atoms with van der Waals surface area (Å²) >= 11 is 1.59. The van der Waals surface area contributed by atoms with Crippen molar-refractivity contribution in [2.24, 2.45) is 0 Å². The molecule has 0 aliphatic carbocycles. The second-order valence-electron chi connectivity index (χ2n) is 5.48. The number of thioether (sulfide) groups is 1. The van der Waals surface area contributed by atoms with E-state index in [9.17, 15) is 0 Å². The SMILES string of the molecule is COCCN(C)c1nc(SCc2ccc(OC)cc2)nc2nc[nH]c12. The number of methoxy groups -OCH3 is 2. The zero-order chi connectivity index (χ0) is 17.6. The van der Waals surface area contributed by atoms with Gasteiger partial charge in [-0.3, -0.25) is 0 Å². The summed E-state index contributed by atoms with van der Waals surface area (Å²) in [5, 5.41) is 0.703. The molecule has 7 nitrogen and oxygen atoms in total. The molecule has 25 heavy (non-hydrogen) atoms. The lowest BCUT2D eigenvalue weighted by Crippen LogP contribution is -2.23. The zero-order valence-electron chi connectivity index (χ0n) is 14.5. The summed E-state index contributed by atoms with van der Waals surface area (Å²) in [5.41, 5.74) is 2.70. The Kier molecular flexibility index (Phi) is 5.72. The average molecular weight is 359 g/mol. The number of H-pyrrole nitrogens is 1. The maximum absolute atomic E-state index is 5.19. The van der Waals surface area contributed by atoms with Gasteiger partial charge in [-0.25, -0.2) is 15.0 Å². The van der Waals surface area contributed by atoms with Crippen molar-refractivity contribution in [1.29, 1.82) is 0 Å². The maximum atomic E-state index is 5.19. The zero-order valence-corrected chi connectivity index (χ0v) is 15.3. The lowest BCUT2D eigenvalue weighted by atomic mass is 10.2. The van der Waals surface area contributed by atoms with E-state index in [0.717, 1.165) is 29.4 Å². The molecule has 0 aliphatic heterocycles. The van der Waals surface area contributed by atoms with E-state index in [4.69, 9.17) is 14.5 Å². The van der Waals surface area contributed by atoms with Gasteiger partial charge in [0, 0.05) is 26.5 Å². The van der Waals surface area contributed by atoms with E-state index in [1.807, 2.05) is 36.2 Å². The quantitative estimate of drug-likeness (QED) is 0.489. The van der Waals surface area contributed by atoms with Crippen LogP contribution in [0.2, 0.25) is 0 Å². The van der Waals surface area contributed by atoms with E-state index in [-0.39, 0.29) is 0 Å². The number of aromatic nitrogens is 4. The van der Waals surface area contributed by atoms with Gasteiger partial charge in [0.05, 0.1) is 20.0 Å². The van der Waals surface area contributed by atoms with Crippen LogP contribution in [0.1, 0.15) is 5.56 Å². The fourth-order valence-corrected chi connectivity index (χ4v) is 3.13. The molecule has 0 atom stereocenters. The fraction of sp³-hybridized carbons (Fsp3) is 0.353.